The molecule has 2 rings (SSSR count). The Labute approximate surface area is 118 Å². The highest BCUT2D eigenvalue weighted by Gasteiger charge is 2.32. The van der Waals surface area contributed by atoms with Crippen molar-refractivity contribution in [2.75, 3.05) is 13.7 Å². The molecule has 0 aromatic heterocycles. The molecule has 20 heavy (non-hydrogen) atoms. The van der Waals surface area contributed by atoms with Crippen LogP contribution in [0.3, 0.4) is 0 Å². The van der Waals surface area contributed by atoms with Crippen LogP contribution in [0.1, 0.15) is 24.8 Å². The van der Waals surface area contributed by atoms with E-state index in [4.69, 9.17) is 9.84 Å². The maximum Gasteiger partial charge on any atom is 0.316 e. The average Bonchev–Trinajstić information content (AvgIpc) is 2.62. The van der Waals surface area contributed by atoms with Gasteiger partial charge in [-0.15, -0.1) is 0 Å². The minimum absolute atomic E-state index is 0.272. The van der Waals surface area contributed by atoms with Gasteiger partial charge in [-0.3, -0.25) is 9.59 Å². The van der Waals surface area contributed by atoms with Crippen LogP contribution in [-0.4, -0.2) is 35.5 Å². The minimum atomic E-state index is -1.02. The molecule has 0 aliphatic carbocycles. The smallest absolute Gasteiger partial charge is 0.316 e. The summed E-state index contributed by atoms with van der Waals surface area (Å²) < 4.78 is 5.09. The van der Waals surface area contributed by atoms with Crippen LogP contribution in [0.15, 0.2) is 24.3 Å². The fraction of sp³-hybridized carbons (Fsp3) is 0.467. The summed E-state index contributed by atoms with van der Waals surface area (Å²) in [5.74, 6) is -1.42. The Morgan fingerprint density at radius 3 is 2.65 bits per heavy atom. The zero-order valence-electron chi connectivity index (χ0n) is 11.5. The van der Waals surface area contributed by atoms with Gasteiger partial charge in [-0.2, -0.15) is 0 Å². The lowest BCUT2D eigenvalue weighted by atomic mass is 10.0. The Morgan fingerprint density at radius 2 is 2.05 bits per heavy atom. The number of benzene rings is 1. The summed E-state index contributed by atoms with van der Waals surface area (Å²) in [6.07, 6.45) is 2.07. The molecule has 0 spiro atoms. The first-order valence-electron chi connectivity index (χ1n) is 6.76. The zero-order chi connectivity index (χ0) is 14.5. The molecule has 1 amide bonds. The van der Waals surface area contributed by atoms with Crippen molar-refractivity contribution in [1.82, 2.24) is 4.90 Å². The monoisotopic (exact) mass is 277 g/mol. The van der Waals surface area contributed by atoms with Crippen molar-refractivity contribution >= 4 is 11.9 Å². The second-order valence-electron chi connectivity index (χ2n) is 4.99. The highest BCUT2D eigenvalue weighted by Crippen LogP contribution is 2.21. The SMILES string of the molecule is COc1ccc(CN2CCCCC(C(=O)O)C2=O)cc1. The van der Waals surface area contributed by atoms with Crippen molar-refractivity contribution in [3.63, 3.8) is 0 Å². The van der Waals surface area contributed by atoms with E-state index in [0.29, 0.717) is 19.5 Å². The number of aliphatic carboxylic acids is 1. The van der Waals surface area contributed by atoms with Crippen molar-refractivity contribution in [2.45, 2.75) is 25.8 Å². The van der Waals surface area contributed by atoms with Crippen molar-refractivity contribution in [3.8, 4) is 5.75 Å². The van der Waals surface area contributed by atoms with Crippen LogP contribution in [0.2, 0.25) is 0 Å². The van der Waals surface area contributed by atoms with Gasteiger partial charge in [-0.1, -0.05) is 18.6 Å². The molecule has 1 heterocycles. The van der Waals surface area contributed by atoms with Crippen molar-refractivity contribution in [2.24, 2.45) is 5.92 Å². The fourth-order valence-electron chi connectivity index (χ4n) is 2.44. The number of rotatable bonds is 4. The van der Waals surface area contributed by atoms with Crippen LogP contribution in [-0.2, 0) is 16.1 Å². The Bertz CT molecular complexity index is 483. The van der Waals surface area contributed by atoms with Gasteiger partial charge in [0, 0.05) is 13.1 Å². The molecular weight excluding hydrogens is 258 g/mol. The Balaban J connectivity index is 2.09. The van der Waals surface area contributed by atoms with E-state index in [1.165, 1.54) is 0 Å². The first-order valence-corrected chi connectivity index (χ1v) is 6.76. The van der Waals surface area contributed by atoms with E-state index < -0.39 is 11.9 Å². The molecule has 1 aliphatic rings. The summed E-state index contributed by atoms with van der Waals surface area (Å²) >= 11 is 0. The summed E-state index contributed by atoms with van der Waals surface area (Å²) in [4.78, 5) is 25.0. The largest absolute Gasteiger partial charge is 0.497 e. The van der Waals surface area contributed by atoms with Crippen LogP contribution >= 0.6 is 0 Å². The summed E-state index contributed by atoms with van der Waals surface area (Å²) in [5, 5.41) is 9.12. The lowest BCUT2D eigenvalue weighted by Crippen LogP contribution is -2.37. The van der Waals surface area contributed by atoms with Crippen LogP contribution in [0.4, 0.5) is 0 Å². The second kappa shape index (κ2) is 6.41. The highest BCUT2D eigenvalue weighted by atomic mass is 16.5. The summed E-state index contributed by atoms with van der Waals surface area (Å²) in [5.41, 5.74) is 0.977. The van der Waals surface area contributed by atoms with E-state index in [-0.39, 0.29) is 5.91 Å². The van der Waals surface area contributed by atoms with E-state index in [2.05, 4.69) is 0 Å². The molecule has 5 heteroatoms. The number of carboxylic acids is 1. The van der Waals surface area contributed by atoms with Crippen LogP contribution in [0.25, 0.3) is 0 Å². The summed E-state index contributed by atoms with van der Waals surface area (Å²) in [7, 11) is 1.60. The molecule has 0 bridgehead atoms. The predicted octanol–water partition coefficient (Wildman–Crippen LogP) is 1.91. The molecule has 5 nitrogen and oxygen atoms in total. The maximum absolute atomic E-state index is 12.2. The van der Waals surface area contributed by atoms with Gasteiger partial charge < -0.3 is 14.7 Å². The standard InChI is InChI=1S/C15H19NO4/c1-20-12-7-5-11(6-8-12)10-16-9-3-2-4-13(14(16)17)15(18)19/h5-8,13H,2-4,9-10H2,1H3,(H,18,19). The van der Waals surface area contributed by atoms with Gasteiger partial charge in [0.15, 0.2) is 0 Å². The quantitative estimate of drug-likeness (QED) is 0.854. The Morgan fingerprint density at radius 1 is 1.35 bits per heavy atom. The Hall–Kier alpha value is -2.04. The third kappa shape index (κ3) is 3.29. The number of methoxy groups -OCH3 is 1. The fourth-order valence-corrected chi connectivity index (χ4v) is 2.44. The first kappa shape index (κ1) is 14.4. The van der Waals surface area contributed by atoms with E-state index >= 15 is 0 Å². The number of carboxylic acid groups (broad SMARTS) is 1. The van der Waals surface area contributed by atoms with E-state index in [9.17, 15) is 9.59 Å². The topological polar surface area (TPSA) is 66.8 Å². The van der Waals surface area contributed by atoms with Gasteiger partial charge in [-0.25, -0.2) is 0 Å². The van der Waals surface area contributed by atoms with Crippen LogP contribution in [0.5, 0.6) is 5.75 Å². The molecule has 1 aliphatic heterocycles. The van der Waals surface area contributed by atoms with Crippen molar-refractivity contribution in [3.05, 3.63) is 29.8 Å². The molecule has 1 saturated heterocycles. The van der Waals surface area contributed by atoms with Gasteiger partial charge in [0.25, 0.3) is 0 Å². The molecular formula is C15H19NO4. The third-order valence-electron chi connectivity index (χ3n) is 3.61. The molecule has 0 radical (unpaired) electrons. The van der Waals surface area contributed by atoms with Gasteiger partial charge in [0.05, 0.1) is 7.11 Å². The third-order valence-corrected chi connectivity index (χ3v) is 3.61. The molecule has 1 aromatic carbocycles. The maximum atomic E-state index is 12.2. The average molecular weight is 277 g/mol. The Kier molecular flexibility index (Phi) is 4.61. The van der Waals surface area contributed by atoms with E-state index in [1.54, 1.807) is 12.0 Å². The molecule has 1 fully saturated rings. The number of carbonyl (C=O) groups excluding carboxylic acids is 1. The highest BCUT2D eigenvalue weighted by molar-refractivity contribution is 5.97. The number of ether oxygens (including phenoxy) is 1. The van der Waals surface area contributed by atoms with Crippen molar-refractivity contribution in [1.29, 1.82) is 0 Å². The number of nitrogens with zero attached hydrogens (tertiary/aromatic N) is 1. The molecule has 108 valence electrons. The molecule has 1 unspecified atom stereocenters. The number of amides is 1. The number of hydrogen-bond donors (Lipinski definition) is 1. The molecule has 0 saturated carbocycles. The minimum Gasteiger partial charge on any atom is -0.497 e. The molecule has 1 aromatic rings. The predicted molar refractivity (Wildman–Crippen MR) is 73.4 cm³/mol. The van der Waals surface area contributed by atoms with Crippen molar-refractivity contribution < 1.29 is 19.4 Å². The van der Waals surface area contributed by atoms with E-state index in [1.807, 2.05) is 24.3 Å². The summed E-state index contributed by atoms with van der Waals surface area (Å²) in [6, 6.07) is 7.47. The molecule has 1 atom stereocenters. The normalized spacial score (nSPS) is 19.6. The second-order valence-corrected chi connectivity index (χ2v) is 4.99. The zero-order valence-corrected chi connectivity index (χ0v) is 11.5. The van der Waals surface area contributed by atoms with Gasteiger partial charge in [-0.05, 0) is 30.5 Å². The van der Waals surface area contributed by atoms with Crippen LogP contribution < -0.4 is 4.74 Å². The van der Waals surface area contributed by atoms with Gasteiger partial charge in [0.2, 0.25) is 5.91 Å². The number of likely N-dealkylation sites (tertiary alicyclic amines) is 1. The number of hydrogen-bond acceptors (Lipinski definition) is 3. The van der Waals surface area contributed by atoms with Gasteiger partial charge in [0.1, 0.15) is 11.7 Å². The van der Waals surface area contributed by atoms with E-state index in [0.717, 1.165) is 24.2 Å². The molecule has 1 N–H and O–H groups in total. The van der Waals surface area contributed by atoms with Crippen LogP contribution in [0, 0.1) is 5.92 Å². The number of carbonyl (C=O) groups is 2. The first-order chi connectivity index (χ1) is 9.61. The summed E-state index contributed by atoms with van der Waals surface area (Å²) in [6.45, 7) is 1.07. The lowest BCUT2D eigenvalue weighted by molar-refractivity contribution is -0.151. The lowest BCUT2D eigenvalue weighted by Gasteiger charge is -2.23. The van der Waals surface area contributed by atoms with Gasteiger partial charge >= 0.3 is 5.97 Å².